The summed E-state index contributed by atoms with van der Waals surface area (Å²) in [5.74, 6) is 0.789. The number of nitrogens with zero attached hydrogens (tertiary/aromatic N) is 1. The van der Waals surface area contributed by atoms with Gasteiger partial charge in [-0.05, 0) is 37.5 Å². The fraction of sp³-hybridized carbons (Fsp3) is 0.350. The van der Waals surface area contributed by atoms with Crippen LogP contribution in [-0.4, -0.2) is 25.2 Å². The fourth-order valence-electron chi connectivity index (χ4n) is 2.68. The van der Waals surface area contributed by atoms with Crippen LogP contribution in [0, 0.1) is 6.92 Å². The molecule has 1 unspecified atom stereocenters. The minimum atomic E-state index is 0.284. The standard InChI is InChI=1S/C20H25N3O/c1-16-9-11-17(12-10-16)14-21-20(22-15-19-8-5-13-24-19)23-18-6-3-2-4-7-18/h2-4,6-7,9-12,19H,5,8,13-15H2,1H3,(H2,21,22,23). The normalized spacial score (nSPS) is 17.7. The van der Waals surface area contributed by atoms with Gasteiger partial charge in [0.15, 0.2) is 5.96 Å². The monoisotopic (exact) mass is 323 g/mol. The van der Waals surface area contributed by atoms with E-state index in [2.05, 4.69) is 41.8 Å². The molecular formula is C20H25N3O. The molecule has 1 fully saturated rings. The number of rotatable bonds is 5. The Morgan fingerprint density at radius 2 is 1.92 bits per heavy atom. The van der Waals surface area contributed by atoms with E-state index in [1.807, 2.05) is 30.3 Å². The number of benzene rings is 2. The molecule has 0 radical (unpaired) electrons. The average Bonchev–Trinajstić information content (AvgIpc) is 3.13. The topological polar surface area (TPSA) is 45.7 Å². The van der Waals surface area contributed by atoms with Gasteiger partial charge in [0.2, 0.25) is 0 Å². The number of anilines is 1. The molecule has 3 rings (SSSR count). The number of para-hydroxylation sites is 1. The smallest absolute Gasteiger partial charge is 0.196 e. The van der Waals surface area contributed by atoms with E-state index < -0.39 is 0 Å². The van der Waals surface area contributed by atoms with Crippen LogP contribution in [0.1, 0.15) is 24.0 Å². The Balaban J connectivity index is 1.65. The van der Waals surface area contributed by atoms with Crippen LogP contribution in [0.4, 0.5) is 5.69 Å². The van der Waals surface area contributed by atoms with E-state index in [0.29, 0.717) is 6.54 Å². The lowest BCUT2D eigenvalue weighted by atomic mass is 10.1. The van der Waals surface area contributed by atoms with E-state index in [9.17, 15) is 0 Å². The molecule has 4 heteroatoms. The molecule has 1 saturated heterocycles. The zero-order valence-corrected chi connectivity index (χ0v) is 14.2. The third-order valence-corrected chi connectivity index (χ3v) is 4.10. The predicted molar refractivity (Wildman–Crippen MR) is 99.4 cm³/mol. The zero-order chi connectivity index (χ0) is 16.6. The largest absolute Gasteiger partial charge is 0.376 e. The molecule has 126 valence electrons. The van der Waals surface area contributed by atoms with Gasteiger partial charge in [0.25, 0.3) is 0 Å². The van der Waals surface area contributed by atoms with Gasteiger partial charge >= 0.3 is 0 Å². The zero-order valence-electron chi connectivity index (χ0n) is 14.2. The highest BCUT2D eigenvalue weighted by atomic mass is 16.5. The summed E-state index contributed by atoms with van der Waals surface area (Å²) in [6, 6.07) is 18.6. The van der Waals surface area contributed by atoms with Crippen LogP contribution in [0.25, 0.3) is 0 Å². The summed E-state index contributed by atoms with van der Waals surface area (Å²) in [6.45, 7) is 4.40. The molecule has 0 aromatic heterocycles. The lowest BCUT2D eigenvalue weighted by Gasteiger charge is -2.15. The third kappa shape index (κ3) is 5.10. The lowest BCUT2D eigenvalue weighted by molar-refractivity contribution is 0.114. The molecular weight excluding hydrogens is 298 g/mol. The lowest BCUT2D eigenvalue weighted by Crippen LogP contribution is -2.36. The summed E-state index contributed by atoms with van der Waals surface area (Å²) < 4.78 is 5.68. The van der Waals surface area contributed by atoms with E-state index in [1.165, 1.54) is 11.1 Å². The fourth-order valence-corrected chi connectivity index (χ4v) is 2.68. The molecule has 1 heterocycles. The first-order valence-corrected chi connectivity index (χ1v) is 8.57. The Hall–Kier alpha value is -2.33. The van der Waals surface area contributed by atoms with Gasteiger partial charge in [-0.2, -0.15) is 0 Å². The molecule has 0 bridgehead atoms. The van der Waals surface area contributed by atoms with Crippen LogP contribution >= 0.6 is 0 Å². The molecule has 24 heavy (non-hydrogen) atoms. The van der Waals surface area contributed by atoms with Crippen LogP contribution in [-0.2, 0) is 11.3 Å². The summed E-state index contributed by atoms with van der Waals surface area (Å²) in [5, 5.41) is 6.77. The number of nitrogens with one attached hydrogen (secondary N) is 2. The Bertz CT molecular complexity index is 646. The highest BCUT2D eigenvalue weighted by Crippen LogP contribution is 2.11. The van der Waals surface area contributed by atoms with Gasteiger partial charge in [-0.15, -0.1) is 0 Å². The van der Waals surface area contributed by atoms with Gasteiger partial charge in [0.1, 0.15) is 0 Å². The Labute approximate surface area is 144 Å². The van der Waals surface area contributed by atoms with Gasteiger partial charge in [-0.25, -0.2) is 4.99 Å². The Kier molecular flexibility index (Phi) is 5.85. The summed E-state index contributed by atoms with van der Waals surface area (Å²) in [5.41, 5.74) is 3.49. The maximum absolute atomic E-state index is 5.68. The van der Waals surface area contributed by atoms with Crippen LogP contribution in [0.5, 0.6) is 0 Å². The van der Waals surface area contributed by atoms with Crippen molar-refractivity contribution in [2.45, 2.75) is 32.4 Å². The van der Waals surface area contributed by atoms with Crippen molar-refractivity contribution in [2.75, 3.05) is 18.5 Å². The van der Waals surface area contributed by atoms with Gasteiger partial charge in [0.05, 0.1) is 12.6 Å². The average molecular weight is 323 g/mol. The Morgan fingerprint density at radius 3 is 2.62 bits per heavy atom. The van der Waals surface area contributed by atoms with Crippen LogP contribution in [0.2, 0.25) is 0 Å². The second-order valence-electron chi connectivity index (χ2n) is 6.16. The summed E-state index contributed by atoms with van der Waals surface area (Å²) in [7, 11) is 0. The molecule has 0 amide bonds. The summed E-state index contributed by atoms with van der Waals surface area (Å²) in [4.78, 5) is 4.72. The third-order valence-electron chi connectivity index (χ3n) is 4.10. The van der Waals surface area contributed by atoms with Gasteiger partial charge < -0.3 is 15.4 Å². The quantitative estimate of drug-likeness (QED) is 0.651. The molecule has 1 aliphatic heterocycles. The predicted octanol–water partition coefficient (Wildman–Crippen LogP) is 3.73. The molecule has 1 aliphatic rings. The van der Waals surface area contributed by atoms with Crippen LogP contribution < -0.4 is 10.6 Å². The number of aliphatic imine (C=N–C) groups is 1. The second kappa shape index (κ2) is 8.50. The molecule has 0 aliphatic carbocycles. The molecule has 0 saturated carbocycles. The first-order chi connectivity index (χ1) is 11.8. The maximum Gasteiger partial charge on any atom is 0.196 e. The summed E-state index contributed by atoms with van der Waals surface area (Å²) in [6.07, 6.45) is 2.55. The molecule has 1 atom stereocenters. The number of ether oxygens (including phenoxy) is 1. The first-order valence-electron chi connectivity index (χ1n) is 8.57. The maximum atomic E-state index is 5.68. The van der Waals surface area contributed by atoms with Gasteiger partial charge in [-0.3, -0.25) is 0 Å². The molecule has 4 nitrogen and oxygen atoms in total. The van der Waals surface area contributed by atoms with Crippen molar-refractivity contribution >= 4 is 11.6 Å². The number of hydrogen-bond donors (Lipinski definition) is 2. The molecule has 0 spiro atoms. The SMILES string of the molecule is Cc1ccc(CN=C(NCC2CCCO2)Nc2ccccc2)cc1. The van der Waals surface area contributed by atoms with Gasteiger partial charge in [0, 0.05) is 18.8 Å². The molecule has 2 N–H and O–H groups in total. The molecule has 2 aromatic carbocycles. The first kappa shape index (κ1) is 16.5. The summed E-state index contributed by atoms with van der Waals surface area (Å²) >= 11 is 0. The van der Waals surface area contributed by atoms with Crippen molar-refractivity contribution in [2.24, 2.45) is 4.99 Å². The number of hydrogen-bond acceptors (Lipinski definition) is 2. The number of aryl methyl sites for hydroxylation is 1. The van der Waals surface area contributed by atoms with E-state index in [4.69, 9.17) is 9.73 Å². The van der Waals surface area contributed by atoms with Crippen molar-refractivity contribution in [3.63, 3.8) is 0 Å². The van der Waals surface area contributed by atoms with E-state index in [-0.39, 0.29) is 6.10 Å². The highest BCUT2D eigenvalue weighted by molar-refractivity contribution is 5.93. The van der Waals surface area contributed by atoms with Crippen molar-refractivity contribution in [3.8, 4) is 0 Å². The molecule has 2 aromatic rings. The van der Waals surface area contributed by atoms with Crippen molar-refractivity contribution in [1.29, 1.82) is 0 Å². The minimum Gasteiger partial charge on any atom is -0.376 e. The highest BCUT2D eigenvalue weighted by Gasteiger charge is 2.15. The van der Waals surface area contributed by atoms with E-state index >= 15 is 0 Å². The van der Waals surface area contributed by atoms with Crippen LogP contribution in [0.15, 0.2) is 59.6 Å². The van der Waals surface area contributed by atoms with Crippen molar-refractivity contribution in [3.05, 3.63) is 65.7 Å². The van der Waals surface area contributed by atoms with Gasteiger partial charge in [-0.1, -0.05) is 48.0 Å². The second-order valence-corrected chi connectivity index (χ2v) is 6.16. The number of guanidine groups is 1. The van der Waals surface area contributed by atoms with E-state index in [0.717, 1.165) is 37.6 Å². The van der Waals surface area contributed by atoms with Crippen molar-refractivity contribution < 1.29 is 4.74 Å². The van der Waals surface area contributed by atoms with Crippen molar-refractivity contribution in [1.82, 2.24) is 5.32 Å². The minimum absolute atomic E-state index is 0.284. The van der Waals surface area contributed by atoms with Crippen LogP contribution in [0.3, 0.4) is 0 Å². The van der Waals surface area contributed by atoms with E-state index in [1.54, 1.807) is 0 Å². The Morgan fingerprint density at radius 1 is 1.12 bits per heavy atom.